The second-order valence-electron chi connectivity index (χ2n) is 6.04. The number of nitrogens with zero attached hydrogens (tertiary/aromatic N) is 1. The summed E-state index contributed by atoms with van der Waals surface area (Å²) in [6.07, 6.45) is 2.92. The van der Waals surface area contributed by atoms with Gasteiger partial charge in [0.15, 0.2) is 0 Å². The van der Waals surface area contributed by atoms with Gasteiger partial charge >= 0.3 is 0 Å². The molecule has 0 saturated heterocycles. The van der Waals surface area contributed by atoms with Gasteiger partial charge in [-0.1, -0.05) is 27.7 Å². The Morgan fingerprint density at radius 2 is 2.06 bits per heavy atom. The van der Waals surface area contributed by atoms with Crippen LogP contribution in [0.25, 0.3) is 0 Å². The highest BCUT2D eigenvalue weighted by Gasteiger charge is 2.19. The summed E-state index contributed by atoms with van der Waals surface area (Å²) >= 11 is 0. The van der Waals surface area contributed by atoms with Crippen LogP contribution in [0.15, 0.2) is 12.3 Å². The van der Waals surface area contributed by atoms with Crippen LogP contribution < -0.4 is 11.1 Å². The Hall–Kier alpha value is -1.25. The van der Waals surface area contributed by atoms with E-state index in [2.05, 4.69) is 38.0 Å². The third-order valence-corrected chi connectivity index (χ3v) is 2.86. The van der Waals surface area contributed by atoms with E-state index < -0.39 is 0 Å². The fraction of sp³-hybridized carbons (Fsp3) is 0.643. The van der Waals surface area contributed by atoms with Crippen molar-refractivity contribution < 1.29 is 0 Å². The molecule has 0 aliphatic heterocycles. The second kappa shape index (κ2) is 5.39. The molecule has 0 unspecified atom stereocenters. The van der Waals surface area contributed by atoms with Gasteiger partial charge in [0.05, 0.1) is 11.9 Å². The van der Waals surface area contributed by atoms with Crippen molar-refractivity contribution in [2.24, 2.45) is 11.3 Å². The number of nitrogens with one attached hydrogen (secondary N) is 1. The van der Waals surface area contributed by atoms with Gasteiger partial charge in [-0.3, -0.25) is 0 Å². The molecule has 3 heteroatoms. The lowest BCUT2D eigenvalue weighted by Crippen LogP contribution is -2.25. The minimum absolute atomic E-state index is 0.283. The van der Waals surface area contributed by atoms with Crippen molar-refractivity contribution in [1.29, 1.82) is 0 Å². The average Bonchev–Trinajstić information content (AvgIpc) is 2.18. The van der Waals surface area contributed by atoms with Gasteiger partial charge in [0, 0.05) is 6.54 Å². The molecule has 3 nitrogen and oxygen atoms in total. The lowest BCUT2D eigenvalue weighted by atomic mass is 9.84. The highest BCUT2D eigenvalue weighted by molar-refractivity contribution is 5.50. The summed E-state index contributed by atoms with van der Waals surface area (Å²) in [5.74, 6) is 1.63. The first kappa shape index (κ1) is 13.8. The minimum Gasteiger partial charge on any atom is -0.397 e. The Bertz CT molecular complexity index is 370. The largest absolute Gasteiger partial charge is 0.397 e. The molecule has 0 radical (unpaired) electrons. The molecule has 17 heavy (non-hydrogen) atoms. The van der Waals surface area contributed by atoms with Crippen LogP contribution in [0.2, 0.25) is 0 Å². The fourth-order valence-electron chi connectivity index (χ4n) is 2.17. The number of anilines is 2. The monoisotopic (exact) mass is 235 g/mol. The van der Waals surface area contributed by atoms with E-state index in [4.69, 9.17) is 5.73 Å². The summed E-state index contributed by atoms with van der Waals surface area (Å²) in [4.78, 5) is 4.29. The Balaban J connectivity index is 2.58. The van der Waals surface area contributed by atoms with Crippen molar-refractivity contribution >= 4 is 11.5 Å². The normalized spacial score (nSPS) is 11.9. The minimum atomic E-state index is 0.283. The van der Waals surface area contributed by atoms with Crippen molar-refractivity contribution in [3.8, 4) is 0 Å². The van der Waals surface area contributed by atoms with Gasteiger partial charge in [-0.2, -0.15) is 0 Å². The van der Waals surface area contributed by atoms with Crippen molar-refractivity contribution in [3.05, 3.63) is 17.8 Å². The highest BCUT2D eigenvalue weighted by atomic mass is 15.0. The zero-order valence-electron chi connectivity index (χ0n) is 11.7. The van der Waals surface area contributed by atoms with Crippen LogP contribution in [0, 0.1) is 18.3 Å². The van der Waals surface area contributed by atoms with Gasteiger partial charge in [-0.15, -0.1) is 0 Å². The van der Waals surface area contributed by atoms with Gasteiger partial charge in [0.25, 0.3) is 0 Å². The smallest absolute Gasteiger partial charge is 0.126 e. The van der Waals surface area contributed by atoms with Crippen LogP contribution >= 0.6 is 0 Å². The summed E-state index contributed by atoms with van der Waals surface area (Å²) in [5, 5.41) is 3.39. The third kappa shape index (κ3) is 4.63. The molecule has 0 bridgehead atoms. The molecular weight excluding hydrogens is 210 g/mol. The summed E-state index contributed by atoms with van der Waals surface area (Å²) < 4.78 is 0. The molecule has 0 aliphatic carbocycles. The number of aromatic nitrogens is 1. The standard InChI is InChI=1S/C14H25N3/c1-10(2)7-14(4,5)9-17-13-6-11(3)12(15)8-16-13/h6,8,10H,7,9,15H2,1-5H3,(H,16,17). The Morgan fingerprint density at radius 3 is 2.59 bits per heavy atom. The van der Waals surface area contributed by atoms with Crippen molar-refractivity contribution in [1.82, 2.24) is 4.98 Å². The SMILES string of the molecule is Cc1cc(NCC(C)(C)CC(C)C)ncc1N. The maximum atomic E-state index is 5.75. The first-order chi connectivity index (χ1) is 7.80. The summed E-state index contributed by atoms with van der Waals surface area (Å²) in [5.41, 5.74) is 7.85. The van der Waals surface area contributed by atoms with Crippen LogP contribution in [-0.4, -0.2) is 11.5 Å². The molecule has 3 N–H and O–H groups in total. The zero-order chi connectivity index (χ0) is 13.1. The number of nitrogens with two attached hydrogens (primary N) is 1. The summed E-state index contributed by atoms with van der Waals surface area (Å²) in [7, 11) is 0. The average molecular weight is 235 g/mol. The van der Waals surface area contributed by atoms with E-state index >= 15 is 0 Å². The van der Waals surface area contributed by atoms with Crippen LogP contribution in [0.4, 0.5) is 11.5 Å². The maximum Gasteiger partial charge on any atom is 0.126 e. The molecule has 0 aromatic carbocycles. The summed E-state index contributed by atoms with van der Waals surface area (Å²) in [6.45, 7) is 12.0. The van der Waals surface area contributed by atoms with Gasteiger partial charge in [0.2, 0.25) is 0 Å². The number of pyridine rings is 1. The Labute approximate surface area is 105 Å². The number of hydrogen-bond donors (Lipinski definition) is 2. The molecule has 1 aromatic rings. The van der Waals surface area contributed by atoms with Crippen LogP contribution in [0.3, 0.4) is 0 Å². The molecule has 0 spiro atoms. The van der Waals surface area contributed by atoms with Gasteiger partial charge in [0.1, 0.15) is 5.82 Å². The predicted molar refractivity (Wildman–Crippen MR) is 75.1 cm³/mol. The number of aryl methyl sites for hydroxylation is 1. The Kier molecular flexibility index (Phi) is 4.38. The van der Waals surface area contributed by atoms with Crippen LogP contribution in [0.5, 0.6) is 0 Å². The molecule has 1 aromatic heterocycles. The van der Waals surface area contributed by atoms with Gasteiger partial charge in [-0.25, -0.2) is 4.98 Å². The second-order valence-corrected chi connectivity index (χ2v) is 6.04. The number of rotatable bonds is 5. The molecule has 0 aliphatic rings. The van der Waals surface area contributed by atoms with E-state index in [1.165, 1.54) is 6.42 Å². The quantitative estimate of drug-likeness (QED) is 0.821. The molecule has 1 rings (SSSR count). The summed E-state index contributed by atoms with van der Waals surface area (Å²) in [6, 6.07) is 2.00. The first-order valence-electron chi connectivity index (χ1n) is 6.26. The van der Waals surface area contributed by atoms with Crippen molar-refractivity contribution in [2.75, 3.05) is 17.6 Å². The molecular formula is C14H25N3. The highest BCUT2D eigenvalue weighted by Crippen LogP contribution is 2.25. The maximum absolute atomic E-state index is 5.75. The predicted octanol–water partition coefficient (Wildman–Crippen LogP) is 3.46. The number of hydrogen-bond acceptors (Lipinski definition) is 3. The van der Waals surface area contributed by atoms with Gasteiger partial charge < -0.3 is 11.1 Å². The van der Waals surface area contributed by atoms with Crippen LogP contribution in [0.1, 0.15) is 39.7 Å². The topological polar surface area (TPSA) is 50.9 Å². The lowest BCUT2D eigenvalue weighted by molar-refractivity contribution is 0.306. The third-order valence-electron chi connectivity index (χ3n) is 2.86. The molecule has 0 atom stereocenters. The Morgan fingerprint density at radius 1 is 1.41 bits per heavy atom. The van der Waals surface area contributed by atoms with E-state index in [0.29, 0.717) is 5.92 Å². The fourth-order valence-corrected chi connectivity index (χ4v) is 2.17. The van der Waals surface area contributed by atoms with E-state index in [0.717, 1.165) is 23.6 Å². The molecule has 0 amide bonds. The van der Waals surface area contributed by atoms with Crippen molar-refractivity contribution in [2.45, 2.75) is 41.0 Å². The lowest BCUT2D eigenvalue weighted by Gasteiger charge is -2.27. The zero-order valence-corrected chi connectivity index (χ0v) is 11.7. The molecule has 0 fully saturated rings. The molecule has 0 saturated carbocycles. The molecule has 96 valence electrons. The van der Waals surface area contributed by atoms with E-state index in [-0.39, 0.29) is 5.41 Å². The van der Waals surface area contributed by atoms with E-state index in [1.807, 2.05) is 13.0 Å². The van der Waals surface area contributed by atoms with E-state index in [9.17, 15) is 0 Å². The van der Waals surface area contributed by atoms with Crippen LogP contribution in [-0.2, 0) is 0 Å². The van der Waals surface area contributed by atoms with Crippen molar-refractivity contribution in [3.63, 3.8) is 0 Å². The number of nitrogen functional groups attached to an aromatic ring is 1. The first-order valence-corrected chi connectivity index (χ1v) is 6.26. The van der Waals surface area contributed by atoms with E-state index in [1.54, 1.807) is 6.20 Å². The van der Waals surface area contributed by atoms with Gasteiger partial charge in [-0.05, 0) is 36.3 Å². The molecule has 1 heterocycles.